The summed E-state index contributed by atoms with van der Waals surface area (Å²) in [5.41, 5.74) is 4.34. The Morgan fingerprint density at radius 3 is 2.58 bits per heavy atom. The molecule has 0 amide bonds. The average molecular weight is 421 g/mol. The van der Waals surface area contributed by atoms with Gasteiger partial charge in [0.05, 0.1) is 24.5 Å². The van der Waals surface area contributed by atoms with Crippen LogP contribution in [0.2, 0.25) is 0 Å². The molecule has 31 heavy (non-hydrogen) atoms. The van der Waals surface area contributed by atoms with Crippen molar-refractivity contribution in [2.75, 3.05) is 0 Å². The van der Waals surface area contributed by atoms with Gasteiger partial charge in [0.25, 0.3) is 0 Å². The summed E-state index contributed by atoms with van der Waals surface area (Å²) in [7, 11) is 1.98. The first kappa shape index (κ1) is 21.1. The summed E-state index contributed by atoms with van der Waals surface area (Å²) in [4.78, 5) is 4.93. The Hall–Kier alpha value is -3.16. The van der Waals surface area contributed by atoms with Crippen LogP contribution in [0, 0.1) is 20.8 Å². The molecule has 3 aromatic rings. The van der Waals surface area contributed by atoms with Crippen molar-refractivity contribution < 1.29 is 0 Å². The highest BCUT2D eigenvalue weighted by atomic mass is 15.3. The average Bonchev–Trinajstić information content (AvgIpc) is 3.47. The van der Waals surface area contributed by atoms with Gasteiger partial charge in [0.15, 0.2) is 11.8 Å². The second-order valence-electron chi connectivity index (χ2n) is 8.33. The molecule has 0 bridgehead atoms. The first-order chi connectivity index (χ1) is 15.0. The highest BCUT2D eigenvalue weighted by molar-refractivity contribution is 5.80. The van der Waals surface area contributed by atoms with Gasteiger partial charge in [-0.1, -0.05) is 31.0 Å². The predicted molar refractivity (Wildman–Crippen MR) is 122 cm³/mol. The number of rotatable bonds is 6. The minimum atomic E-state index is 0.471. The molecule has 1 saturated carbocycles. The van der Waals surface area contributed by atoms with E-state index in [4.69, 9.17) is 4.99 Å². The van der Waals surface area contributed by atoms with E-state index in [0.29, 0.717) is 19.1 Å². The summed E-state index contributed by atoms with van der Waals surface area (Å²) < 4.78 is 4.00. The van der Waals surface area contributed by atoms with Gasteiger partial charge in [0.1, 0.15) is 5.82 Å². The van der Waals surface area contributed by atoms with Crippen LogP contribution in [-0.4, -0.2) is 36.5 Å². The normalized spacial score (nSPS) is 14.9. The molecule has 1 fully saturated rings. The lowest BCUT2D eigenvalue weighted by molar-refractivity contribution is 0.606. The molecular weight excluding hydrogens is 388 g/mol. The lowest BCUT2D eigenvalue weighted by Gasteiger charge is -2.18. The molecule has 2 N–H and O–H groups in total. The molecule has 2 heterocycles. The Balaban J connectivity index is 1.54. The van der Waals surface area contributed by atoms with Gasteiger partial charge in [-0.3, -0.25) is 0 Å². The van der Waals surface area contributed by atoms with Gasteiger partial charge in [0.2, 0.25) is 0 Å². The maximum Gasteiger partial charge on any atom is 0.192 e. The van der Waals surface area contributed by atoms with Crippen LogP contribution >= 0.6 is 0 Å². The van der Waals surface area contributed by atoms with Crippen molar-refractivity contribution in [2.45, 2.75) is 65.6 Å². The van der Waals surface area contributed by atoms with Gasteiger partial charge in [-0.25, -0.2) is 9.67 Å². The minimum absolute atomic E-state index is 0.471. The summed E-state index contributed by atoms with van der Waals surface area (Å²) in [5, 5.41) is 20.1. The Kier molecular flexibility index (Phi) is 6.34. The standard InChI is InChI=1S/C23H32N8/c1-16-13-17(2)31(29-16)21-12-8-5-9-19(21)14-24-23(26-20-10-6-7-11-20)25-15-22-28-27-18(3)30(22)4/h5,8-9,12-13,20H,6-7,10-11,14-15H2,1-4H3,(H2,24,25,26). The van der Waals surface area contributed by atoms with Crippen molar-refractivity contribution in [2.24, 2.45) is 12.0 Å². The first-order valence-electron chi connectivity index (χ1n) is 11.0. The third-order valence-electron chi connectivity index (χ3n) is 5.93. The fraction of sp³-hybridized carbons (Fsp3) is 0.478. The van der Waals surface area contributed by atoms with Crippen LogP contribution in [0.4, 0.5) is 0 Å². The second kappa shape index (κ2) is 9.32. The SMILES string of the molecule is Cc1cc(C)n(-c2ccccc2CN=C(NCc2nnc(C)n2C)NC2CCCC2)n1. The zero-order valence-electron chi connectivity index (χ0n) is 18.9. The lowest BCUT2D eigenvalue weighted by atomic mass is 10.2. The quantitative estimate of drug-likeness (QED) is 0.473. The maximum atomic E-state index is 4.93. The van der Waals surface area contributed by atoms with E-state index in [0.717, 1.165) is 40.2 Å². The van der Waals surface area contributed by atoms with Crippen LogP contribution in [0.25, 0.3) is 5.69 Å². The van der Waals surface area contributed by atoms with E-state index in [-0.39, 0.29) is 0 Å². The molecule has 0 radical (unpaired) electrons. The molecule has 1 aromatic carbocycles. The maximum absolute atomic E-state index is 4.93. The van der Waals surface area contributed by atoms with Crippen molar-refractivity contribution in [3.63, 3.8) is 0 Å². The van der Waals surface area contributed by atoms with Gasteiger partial charge >= 0.3 is 0 Å². The molecule has 1 aliphatic rings. The molecule has 0 atom stereocenters. The van der Waals surface area contributed by atoms with E-state index in [9.17, 15) is 0 Å². The molecule has 8 nitrogen and oxygen atoms in total. The Labute approximate surface area is 183 Å². The molecule has 4 rings (SSSR count). The van der Waals surface area contributed by atoms with E-state index < -0.39 is 0 Å². The molecular formula is C23H32N8. The van der Waals surface area contributed by atoms with Crippen LogP contribution in [0.15, 0.2) is 35.3 Å². The highest BCUT2D eigenvalue weighted by Crippen LogP contribution is 2.19. The number of aryl methyl sites for hydroxylation is 3. The molecule has 0 saturated heterocycles. The number of hydrogen-bond donors (Lipinski definition) is 2. The Bertz CT molecular complexity index is 1060. The van der Waals surface area contributed by atoms with E-state index in [1.165, 1.54) is 25.7 Å². The molecule has 164 valence electrons. The zero-order chi connectivity index (χ0) is 21.8. The fourth-order valence-corrected chi connectivity index (χ4v) is 4.07. The number of nitrogens with one attached hydrogen (secondary N) is 2. The number of aromatic nitrogens is 5. The number of hydrogen-bond acceptors (Lipinski definition) is 4. The second-order valence-corrected chi connectivity index (χ2v) is 8.33. The van der Waals surface area contributed by atoms with E-state index >= 15 is 0 Å². The topological polar surface area (TPSA) is 85.0 Å². The Morgan fingerprint density at radius 2 is 1.90 bits per heavy atom. The van der Waals surface area contributed by atoms with Crippen LogP contribution in [0.1, 0.15) is 54.3 Å². The predicted octanol–water partition coefficient (Wildman–Crippen LogP) is 3.10. The fourth-order valence-electron chi connectivity index (χ4n) is 4.07. The highest BCUT2D eigenvalue weighted by Gasteiger charge is 2.17. The van der Waals surface area contributed by atoms with E-state index in [1.54, 1.807) is 0 Å². The number of nitrogens with zero attached hydrogens (tertiary/aromatic N) is 6. The van der Waals surface area contributed by atoms with Gasteiger partial charge in [-0.2, -0.15) is 5.10 Å². The summed E-state index contributed by atoms with van der Waals surface area (Å²) in [5.74, 6) is 2.61. The van der Waals surface area contributed by atoms with E-state index in [1.807, 2.05) is 36.2 Å². The molecule has 8 heteroatoms. The third-order valence-corrected chi connectivity index (χ3v) is 5.93. The van der Waals surface area contributed by atoms with Crippen LogP contribution in [0.3, 0.4) is 0 Å². The molecule has 2 aromatic heterocycles. The lowest BCUT2D eigenvalue weighted by Crippen LogP contribution is -2.42. The molecule has 1 aliphatic carbocycles. The van der Waals surface area contributed by atoms with E-state index in [2.05, 4.69) is 57.1 Å². The Morgan fingerprint density at radius 1 is 1.13 bits per heavy atom. The van der Waals surface area contributed by atoms with Gasteiger partial charge in [-0.15, -0.1) is 10.2 Å². The van der Waals surface area contributed by atoms with Crippen LogP contribution in [-0.2, 0) is 20.1 Å². The van der Waals surface area contributed by atoms with Crippen LogP contribution in [0.5, 0.6) is 0 Å². The zero-order valence-corrected chi connectivity index (χ0v) is 18.9. The number of aliphatic imine (C=N–C) groups is 1. The summed E-state index contributed by atoms with van der Waals surface area (Å²) in [6, 6.07) is 10.9. The van der Waals surface area contributed by atoms with Crippen molar-refractivity contribution in [3.8, 4) is 5.69 Å². The van der Waals surface area contributed by atoms with Crippen molar-refractivity contribution in [1.82, 2.24) is 35.2 Å². The molecule has 0 unspecified atom stereocenters. The van der Waals surface area contributed by atoms with Gasteiger partial charge < -0.3 is 15.2 Å². The molecule has 0 spiro atoms. The minimum Gasteiger partial charge on any atom is -0.354 e. The van der Waals surface area contributed by atoms with Crippen molar-refractivity contribution in [1.29, 1.82) is 0 Å². The number of guanidine groups is 1. The van der Waals surface area contributed by atoms with Gasteiger partial charge in [-0.05, 0) is 51.3 Å². The number of benzene rings is 1. The first-order valence-corrected chi connectivity index (χ1v) is 11.0. The third kappa shape index (κ3) is 4.95. The van der Waals surface area contributed by atoms with Crippen molar-refractivity contribution in [3.05, 3.63) is 58.9 Å². The van der Waals surface area contributed by atoms with Gasteiger partial charge in [0, 0.05) is 18.8 Å². The number of para-hydroxylation sites is 1. The van der Waals surface area contributed by atoms with Crippen molar-refractivity contribution >= 4 is 5.96 Å². The monoisotopic (exact) mass is 420 g/mol. The summed E-state index contributed by atoms with van der Waals surface area (Å²) in [6.07, 6.45) is 4.92. The summed E-state index contributed by atoms with van der Waals surface area (Å²) >= 11 is 0. The largest absolute Gasteiger partial charge is 0.354 e. The van der Waals surface area contributed by atoms with Crippen LogP contribution < -0.4 is 10.6 Å². The summed E-state index contributed by atoms with van der Waals surface area (Å²) in [6.45, 7) is 7.20. The smallest absolute Gasteiger partial charge is 0.192 e. The molecule has 0 aliphatic heterocycles.